The molecule has 2 aromatic carbocycles. The van der Waals surface area contributed by atoms with Gasteiger partial charge in [-0.05, 0) is 42.8 Å². The van der Waals surface area contributed by atoms with E-state index in [1.165, 1.54) is 6.92 Å². The molecule has 26 heavy (non-hydrogen) atoms. The third kappa shape index (κ3) is 3.49. The van der Waals surface area contributed by atoms with Gasteiger partial charge in [0.15, 0.2) is 0 Å². The van der Waals surface area contributed by atoms with Crippen molar-refractivity contribution in [3.63, 3.8) is 0 Å². The second kappa shape index (κ2) is 7.47. The van der Waals surface area contributed by atoms with Crippen molar-refractivity contribution in [2.24, 2.45) is 0 Å². The molecule has 136 valence electrons. The van der Waals surface area contributed by atoms with E-state index in [9.17, 15) is 9.59 Å². The Labute approximate surface area is 152 Å². The van der Waals surface area contributed by atoms with Crippen molar-refractivity contribution in [1.29, 1.82) is 0 Å². The van der Waals surface area contributed by atoms with E-state index in [0.29, 0.717) is 18.9 Å². The molecule has 2 aromatic rings. The summed E-state index contributed by atoms with van der Waals surface area (Å²) in [6.07, 6.45) is 0. The monoisotopic (exact) mass is 354 g/mol. The highest BCUT2D eigenvalue weighted by Gasteiger charge is 2.38. The van der Waals surface area contributed by atoms with Gasteiger partial charge in [-0.25, -0.2) is 0 Å². The Morgan fingerprint density at radius 1 is 1.15 bits per heavy atom. The predicted molar refractivity (Wildman–Crippen MR) is 98.4 cm³/mol. The molecule has 6 nitrogen and oxygen atoms in total. The van der Waals surface area contributed by atoms with Crippen LogP contribution in [0.3, 0.4) is 0 Å². The van der Waals surface area contributed by atoms with Crippen LogP contribution in [0.5, 0.6) is 11.5 Å². The molecular formula is C20H22N2O4. The number of benzene rings is 2. The van der Waals surface area contributed by atoms with E-state index >= 15 is 0 Å². The molecule has 3 rings (SSSR count). The molecule has 1 N–H and O–H groups in total. The van der Waals surface area contributed by atoms with Crippen LogP contribution in [0.2, 0.25) is 0 Å². The normalized spacial score (nSPS) is 15.6. The van der Waals surface area contributed by atoms with Crippen LogP contribution in [-0.2, 0) is 16.1 Å². The van der Waals surface area contributed by atoms with Gasteiger partial charge in [0.25, 0.3) is 5.91 Å². The van der Waals surface area contributed by atoms with Crippen molar-refractivity contribution in [3.05, 3.63) is 53.6 Å². The van der Waals surface area contributed by atoms with Crippen molar-refractivity contribution >= 4 is 17.5 Å². The number of hydrogen-bond donors (Lipinski definition) is 1. The molecule has 1 aliphatic heterocycles. The van der Waals surface area contributed by atoms with Gasteiger partial charge in [-0.3, -0.25) is 9.59 Å². The van der Waals surface area contributed by atoms with Crippen molar-refractivity contribution in [2.45, 2.75) is 26.4 Å². The minimum atomic E-state index is -0.693. The lowest BCUT2D eigenvalue weighted by Gasteiger charge is -2.18. The van der Waals surface area contributed by atoms with E-state index < -0.39 is 6.04 Å². The number of ether oxygens (including phenoxy) is 2. The van der Waals surface area contributed by atoms with Crippen LogP contribution in [0.15, 0.2) is 42.5 Å². The van der Waals surface area contributed by atoms with E-state index in [0.717, 1.165) is 22.6 Å². The van der Waals surface area contributed by atoms with E-state index in [-0.39, 0.29) is 11.8 Å². The van der Waals surface area contributed by atoms with Crippen molar-refractivity contribution in [2.75, 3.05) is 18.6 Å². The number of anilines is 1. The van der Waals surface area contributed by atoms with Gasteiger partial charge in [0.2, 0.25) is 5.91 Å². The minimum absolute atomic E-state index is 0.153. The van der Waals surface area contributed by atoms with Crippen molar-refractivity contribution in [1.82, 2.24) is 5.32 Å². The topological polar surface area (TPSA) is 67.9 Å². The van der Waals surface area contributed by atoms with Crippen LogP contribution in [0.25, 0.3) is 0 Å². The maximum Gasteiger partial charge on any atom is 0.254 e. The lowest BCUT2D eigenvalue weighted by Crippen LogP contribution is -2.36. The quantitative estimate of drug-likeness (QED) is 0.866. The standard InChI is InChI=1S/C20H22N2O4/c1-4-26-16-9-10-18-17(11-16)19(21-13(2)23)20(24)22(18)12-14-5-7-15(25-3)8-6-14/h5-11,19H,4,12H2,1-3H3,(H,21,23)/t19-/m1/s1. The van der Waals surface area contributed by atoms with Crippen LogP contribution in [0.1, 0.15) is 31.0 Å². The van der Waals surface area contributed by atoms with Gasteiger partial charge in [-0.1, -0.05) is 12.1 Å². The molecule has 0 aromatic heterocycles. The Morgan fingerprint density at radius 2 is 1.85 bits per heavy atom. The fourth-order valence-electron chi connectivity index (χ4n) is 3.09. The Morgan fingerprint density at radius 3 is 2.46 bits per heavy atom. The molecular weight excluding hydrogens is 332 g/mol. The first-order valence-corrected chi connectivity index (χ1v) is 8.51. The zero-order valence-corrected chi connectivity index (χ0v) is 15.1. The van der Waals surface area contributed by atoms with E-state index in [1.807, 2.05) is 49.4 Å². The molecule has 1 aliphatic rings. The molecule has 0 spiro atoms. The third-order valence-corrected chi connectivity index (χ3v) is 4.27. The summed E-state index contributed by atoms with van der Waals surface area (Å²) in [5, 5.41) is 2.75. The Kier molecular flexibility index (Phi) is 5.11. The number of nitrogens with zero attached hydrogens (tertiary/aromatic N) is 1. The van der Waals surface area contributed by atoms with Gasteiger partial charge < -0.3 is 19.7 Å². The molecule has 0 saturated heterocycles. The van der Waals surface area contributed by atoms with Crippen LogP contribution < -0.4 is 19.7 Å². The number of nitrogens with one attached hydrogen (secondary N) is 1. The molecule has 2 amide bonds. The SMILES string of the molecule is CCOc1ccc2c(c1)[C@@H](NC(C)=O)C(=O)N2Cc1ccc(OC)cc1. The van der Waals surface area contributed by atoms with E-state index in [4.69, 9.17) is 9.47 Å². The fraction of sp³-hybridized carbons (Fsp3) is 0.300. The molecule has 6 heteroatoms. The lowest BCUT2D eigenvalue weighted by molar-refractivity contribution is -0.126. The summed E-state index contributed by atoms with van der Waals surface area (Å²) in [4.78, 5) is 26.2. The van der Waals surface area contributed by atoms with Crippen LogP contribution in [0.4, 0.5) is 5.69 Å². The number of amides is 2. The second-order valence-corrected chi connectivity index (χ2v) is 6.06. The zero-order valence-electron chi connectivity index (χ0n) is 15.1. The van der Waals surface area contributed by atoms with Gasteiger partial charge in [0.1, 0.15) is 17.5 Å². The summed E-state index contributed by atoms with van der Waals surface area (Å²) in [6, 6.07) is 12.4. The van der Waals surface area contributed by atoms with E-state index in [2.05, 4.69) is 5.32 Å². The van der Waals surface area contributed by atoms with Gasteiger partial charge >= 0.3 is 0 Å². The second-order valence-electron chi connectivity index (χ2n) is 6.06. The van der Waals surface area contributed by atoms with Crippen LogP contribution >= 0.6 is 0 Å². The molecule has 0 bridgehead atoms. The highest BCUT2D eigenvalue weighted by Crippen LogP contribution is 2.39. The average molecular weight is 354 g/mol. The van der Waals surface area contributed by atoms with Crippen molar-refractivity contribution < 1.29 is 19.1 Å². The molecule has 0 radical (unpaired) electrons. The highest BCUT2D eigenvalue weighted by molar-refractivity contribution is 6.06. The first-order valence-electron chi connectivity index (χ1n) is 8.51. The van der Waals surface area contributed by atoms with Gasteiger partial charge in [-0.15, -0.1) is 0 Å². The number of fused-ring (bicyclic) bond motifs is 1. The zero-order chi connectivity index (χ0) is 18.7. The number of carbonyl (C=O) groups excluding carboxylic acids is 2. The summed E-state index contributed by atoms with van der Waals surface area (Å²) in [5.41, 5.74) is 2.51. The maximum atomic E-state index is 12.9. The van der Waals surface area contributed by atoms with Crippen LogP contribution in [0, 0.1) is 0 Å². The minimum Gasteiger partial charge on any atom is -0.497 e. The molecule has 1 atom stereocenters. The van der Waals surface area contributed by atoms with E-state index in [1.54, 1.807) is 12.0 Å². The Balaban J connectivity index is 1.93. The molecule has 0 aliphatic carbocycles. The summed E-state index contributed by atoms with van der Waals surface area (Å²) in [5.74, 6) is 1.04. The first-order chi connectivity index (χ1) is 12.5. The third-order valence-electron chi connectivity index (χ3n) is 4.27. The number of methoxy groups -OCH3 is 1. The average Bonchev–Trinajstić information content (AvgIpc) is 2.87. The Bertz CT molecular complexity index is 817. The van der Waals surface area contributed by atoms with Gasteiger partial charge in [0, 0.05) is 12.5 Å². The maximum absolute atomic E-state index is 12.9. The highest BCUT2D eigenvalue weighted by atomic mass is 16.5. The lowest BCUT2D eigenvalue weighted by atomic mass is 10.1. The molecule has 0 fully saturated rings. The fourth-order valence-corrected chi connectivity index (χ4v) is 3.09. The summed E-state index contributed by atoms with van der Waals surface area (Å²) in [7, 11) is 1.61. The smallest absolute Gasteiger partial charge is 0.254 e. The first kappa shape index (κ1) is 17.8. The number of carbonyl (C=O) groups is 2. The van der Waals surface area contributed by atoms with Crippen LogP contribution in [-0.4, -0.2) is 25.5 Å². The number of hydrogen-bond acceptors (Lipinski definition) is 4. The van der Waals surface area contributed by atoms with Gasteiger partial charge in [0.05, 0.1) is 25.9 Å². The van der Waals surface area contributed by atoms with Crippen molar-refractivity contribution in [3.8, 4) is 11.5 Å². The number of rotatable bonds is 6. The molecule has 1 heterocycles. The summed E-state index contributed by atoms with van der Waals surface area (Å²) >= 11 is 0. The predicted octanol–water partition coefficient (Wildman–Crippen LogP) is 2.82. The van der Waals surface area contributed by atoms with Gasteiger partial charge in [-0.2, -0.15) is 0 Å². The Hall–Kier alpha value is -3.02. The molecule has 0 saturated carbocycles. The molecule has 0 unspecified atom stereocenters. The largest absolute Gasteiger partial charge is 0.497 e. The summed E-state index contributed by atoms with van der Waals surface area (Å²) in [6.45, 7) is 4.26. The summed E-state index contributed by atoms with van der Waals surface area (Å²) < 4.78 is 10.7.